The Kier molecular flexibility index (Phi) is 5.27. The molecule has 1 aliphatic heterocycles. The van der Waals surface area contributed by atoms with Gasteiger partial charge in [-0.15, -0.1) is 0 Å². The molecule has 1 N–H and O–H groups in total. The minimum atomic E-state index is -0.214. The monoisotopic (exact) mass is 370 g/mol. The van der Waals surface area contributed by atoms with E-state index in [-0.39, 0.29) is 30.0 Å². The number of nitrogens with zero attached hydrogens (tertiary/aromatic N) is 3. The Balaban J connectivity index is 1.82. The zero-order valence-electron chi connectivity index (χ0n) is 15.4. The number of nitrogens with one attached hydrogen (secondary N) is 1. The lowest BCUT2D eigenvalue weighted by atomic mass is 10.2. The van der Waals surface area contributed by atoms with Crippen LogP contribution >= 0.6 is 11.8 Å². The molecule has 2 heterocycles. The Morgan fingerprint density at radius 2 is 1.88 bits per heavy atom. The van der Waals surface area contributed by atoms with E-state index in [4.69, 9.17) is 0 Å². The summed E-state index contributed by atoms with van der Waals surface area (Å²) in [7, 11) is 0. The van der Waals surface area contributed by atoms with Crippen molar-refractivity contribution >= 4 is 35.0 Å². The molecule has 0 bridgehead atoms. The first-order valence-corrected chi connectivity index (χ1v) is 9.51. The average molecular weight is 370 g/mol. The molecule has 136 valence electrons. The number of amides is 2. The largest absolute Gasteiger partial charge is 0.324 e. The van der Waals surface area contributed by atoms with Crippen LogP contribution in [0, 0.1) is 20.8 Å². The fourth-order valence-electron chi connectivity index (χ4n) is 2.97. The molecular formula is C19H22N4O2S. The van der Waals surface area contributed by atoms with Crippen LogP contribution in [0.25, 0.3) is 0 Å². The number of anilines is 2. The number of aromatic nitrogens is 2. The zero-order chi connectivity index (χ0) is 18.8. The maximum Gasteiger partial charge on any atom is 0.237 e. The average Bonchev–Trinajstić information content (AvgIpc) is 2.71. The molecular weight excluding hydrogens is 348 g/mol. The fraction of sp³-hybridized carbons (Fsp3) is 0.368. The van der Waals surface area contributed by atoms with Crippen molar-refractivity contribution in [2.75, 3.05) is 16.0 Å². The molecule has 0 radical (unpaired) electrons. The number of aryl methyl sites for hydroxylation is 2. The summed E-state index contributed by atoms with van der Waals surface area (Å²) in [5.41, 5.74) is 4.32. The Morgan fingerprint density at radius 3 is 2.58 bits per heavy atom. The van der Waals surface area contributed by atoms with E-state index in [2.05, 4.69) is 15.3 Å². The van der Waals surface area contributed by atoms with Crippen LogP contribution in [0.3, 0.4) is 0 Å². The highest BCUT2D eigenvalue weighted by Gasteiger charge is 2.29. The second-order valence-electron chi connectivity index (χ2n) is 6.47. The van der Waals surface area contributed by atoms with Crippen molar-refractivity contribution in [2.24, 2.45) is 0 Å². The molecule has 1 aromatic carbocycles. The zero-order valence-corrected chi connectivity index (χ0v) is 16.2. The van der Waals surface area contributed by atoms with Gasteiger partial charge < -0.3 is 10.2 Å². The summed E-state index contributed by atoms with van der Waals surface area (Å²) >= 11 is 1.32. The number of fused-ring (bicyclic) bond motifs is 1. The molecule has 1 atom stereocenters. The van der Waals surface area contributed by atoms with Gasteiger partial charge in [-0.3, -0.25) is 9.59 Å². The number of hydrogen-bond donors (Lipinski definition) is 1. The predicted octanol–water partition coefficient (Wildman–Crippen LogP) is 3.26. The molecule has 2 aromatic rings. The van der Waals surface area contributed by atoms with Gasteiger partial charge >= 0.3 is 0 Å². The molecule has 0 spiro atoms. The van der Waals surface area contributed by atoms with Crippen LogP contribution in [0.1, 0.15) is 30.3 Å². The van der Waals surface area contributed by atoms with E-state index in [0.717, 1.165) is 22.6 Å². The Hall–Kier alpha value is -2.41. The predicted molar refractivity (Wildman–Crippen MR) is 104 cm³/mol. The van der Waals surface area contributed by atoms with Crippen LogP contribution in [0.2, 0.25) is 0 Å². The lowest BCUT2D eigenvalue weighted by molar-refractivity contribution is -0.117. The fourth-order valence-corrected chi connectivity index (χ4v) is 3.76. The molecule has 0 aliphatic carbocycles. The van der Waals surface area contributed by atoms with Gasteiger partial charge in [-0.05, 0) is 45.4 Å². The number of hydrogen-bond acceptors (Lipinski definition) is 5. The lowest BCUT2D eigenvalue weighted by Crippen LogP contribution is -2.40. The first-order valence-electron chi connectivity index (χ1n) is 8.52. The van der Waals surface area contributed by atoms with Gasteiger partial charge in [-0.25, -0.2) is 9.97 Å². The molecule has 2 amide bonds. The number of carbonyl (C=O) groups excluding carboxylic acids is 2. The SMILES string of the molecule is Cc1nc(SCC(=O)N2c3ccccc3NC(=O)C[C@H]2C)nc(C)c1C. The molecule has 1 aromatic heterocycles. The molecule has 0 saturated heterocycles. The van der Waals surface area contributed by atoms with Gasteiger partial charge in [0.1, 0.15) is 0 Å². The first kappa shape index (κ1) is 18.4. The lowest BCUT2D eigenvalue weighted by Gasteiger charge is -2.27. The van der Waals surface area contributed by atoms with Crippen LogP contribution in [0.5, 0.6) is 0 Å². The maximum atomic E-state index is 13.0. The molecule has 26 heavy (non-hydrogen) atoms. The number of thioether (sulfide) groups is 1. The van der Waals surface area contributed by atoms with Crippen molar-refractivity contribution in [1.29, 1.82) is 0 Å². The summed E-state index contributed by atoms with van der Waals surface area (Å²) < 4.78 is 0. The van der Waals surface area contributed by atoms with E-state index >= 15 is 0 Å². The van der Waals surface area contributed by atoms with Crippen molar-refractivity contribution in [3.05, 3.63) is 41.2 Å². The van der Waals surface area contributed by atoms with Crippen LogP contribution in [0.15, 0.2) is 29.4 Å². The van der Waals surface area contributed by atoms with Crippen molar-refractivity contribution in [1.82, 2.24) is 9.97 Å². The Labute approximate surface area is 157 Å². The van der Waals surface area contributed by atoms with Crippen LogP contribution < -0.4 is 10.2 Å². The van der Waals surface area contributed by atoms with Gasteiger partial charge in [0, 0.05) is 23.9 Å². The highest BCUT2D eigenvalue weighted by atomic mass is 32.2. The van der Waals surface area contributed by atoms with Crippen molar-refractivity contribution in [3.63, 3.8) is 0 Å². The summed E-state index contributed by atoms with van der Waals surface area (Å²) in [6, 6.07) is 7.17. The summed E-state index contributed by atoms with van der Waals surface area (Å²) in [4.78, 5) is 35.6. The Bertz CT molecular complexity index is 845. The van der Waals surface area contributed by atoms with Gasteiger partial charge in [0.05, 0.1) is 17.1 Å². The van der Waals surface area contributed by atoms with E-state index in [1.807, 2.05) is 52.0 Å². The standard InChI is InChI=1S/C19H22N4O2S/c1-11-9-17(24)22-15-7-5-6-8-16(15)23(11)18(25)10-26-19-20-13(3)12(2)14(4)21-19/h5-8,11H,9-10H2,1-4H3,(H,22,24)/t11-/m1/s1. The van der Waals surface area contributed by atoms with Gasteiger partial charge in [-0.1, -0.05) is 23.9 Å². The second-order valence-corrected chi connectivity index (χ2v) is 7.42. The minimum absolute atomic E-state index is 0.0640. The smallest absolute Gasteiger partial charge is 0.237 e. The van der Waals surface area contributed by atoms with Gasteiger partial charge in [0.15, 0.2) is 5.16 Å². The van der Waals surface area contributed by atoms with E-state index < -0.39 is 0 Å². The molecule has 7 heteroatoms. The highest BCUT2D eigenvalue weighted by molar-refractivity contribution is 7.99. The molecule has 0 fully saturated rings. The number of para-hydroxylation sites is 2. The maximum absolute atomic E-state index is 13.0. The summed E-state index contributed by atoms with van der Waals surface area (Å²) in [5, 5.41) is 3.47. The van der Waals surface area contributed by atoms with Crippen molar-refractivity contribution in [3.8, 4) is 0 Å². The van der Waals surface area contributed by atoms with E-state index in [9.17, 15) is 9.59 Å². The molecule has 3 rings (SSSR count). The number of rotatable bonds is 3. The van der Waals surface area contributed by atoms with Crippen LogP contribution in [-0.4, -0.2) is 33.6 Å². The van der Waals surface area contributed by atoms with E-state index in [0.29, 0.717) is 10.8 Å². The molecule has 0 saturated carbocycles. The topological polar surface area (TPSA) is 75.2 Å². The normalized spacial score (nSPS) is 16.7. The number of carbonyl (C=O) groups is 2. The highest BCUT2D eigenvalue weighted by Crippen LogP contribution is 2.32. The molecule has 0 unspecified atom stereocenters. The van der Waals surface area contributed by atoms with Crippen molar-refractivity contribution < 1.29 is 9.59 Å². The molecule has 6 nitrogen and oxygen atoms in total. The third-order valence-electron chi connectivity index (χ3n) is 4.56. The third kappa shape index (κ3) is 3.72. The van der Waals surface area contributed by atoms with Crippen LogP contribution in [-0.2, 0) is 9.59 Å². The summed E-state index contributed by atoms with van der Waals surface area (Å²) in [6.07, 6.45) is 0.268. The first-order chi connectivity index (χ1) is 12.4. The van der Waals surface area contributed by atoms with Gasteiger partial charge in [0.2, 0.25) is 11.8 Å². The van der Waals surface area contributed by atoms with Crippen LogP contribution in [0.4, 0.5) is 11.4 Å². The van der Waals surface area contributed by atoms with Crippen molar-refractivity contribution in [2.45, 2.75) is 45.3 Å². The summed E-state index contributed by atoms with van der Waals surface area (Å²) in [5.74, 6) is 0.0707. The Morgan fingerprint density at radius 1 is 1.23 bits per heavy atom. The molecule has 1 aliphatic rings. The second kappa shape index (κ2) is 7.45. The van der Waals surface area contributed by atoms with E-state index in [1.165, 1.54) is 11.8 Å². The minimum Gasteiger partial charge on any atom is -0.324 e. The van der Waals surface area contributed by atoms with Gasteiger partial charge in [0.25, 0.3) is 0 Å². The summed E-state index contributed by atoms with van der Waals surface area (Å²) in [6.45, 7) is 7.77. The quantitative estimate of drug-likeness (QED) is 0.663. The van der Waals surface area contributed by atoms with E-state index in [1.54, 1.807) is 4.90 Å². The number of benzene rings is 1. The van der Waals surface area contributed by atoms with Gasteiger partial charge in [-0.2, -0.15) is 0 Å². The third-order valence-corrected chi connectivity index (χ3v) is 5.40.